The normalized spacial score (nSPS) is 9.68. The van der Waals surface area contributed by atoms with Gasteiger partial charge in [0, 0.05) is 12.4 Å². The van der Waals surface area contributed by atoms with Crippen LogP contribution in [-0.2, 0) is 38.1 Å². The standard InChI is InChI=1S/C18H24N4O9/c1-5-27-15(23)11(16(24)28-6-2)9-19-13-14(22-31-21-13)20-10-12(17(25)29-7-3)18(26)30-8-4/h9-10H,5-8H2,1-4H3,(H,19,21)(H,20,22). The summed E-state index contributed by atoms with van der Waals surface area (Å²) in [4.78, 5) is 47.9. The van der Waals surface area contributed by atoms with Crippen molar-refractivity contribution in [1.82, 2.24) is 10.3 Å². The van der Waals surface area contributed by atoms with Crippen LogP contribution in [-0.4, -0.2) is 60.6 Å². The van der Waals surface area contributed by atoms with Crippen molar-refractivity contribution in [1.29, 1.82) is 0 Å². The molecule has 0 aliphatic heterocycles. The smallest absolute Gasteiger partial charge is 0.347 e. The van der Waals surface area contributed by atoms with Gasteiger partial charge in [-0.15, -0.1) is 0 Å². The molecule has 1 heterocycles. The van der Waals surface area contributed by atoms with Crippen LogP contribution in [0.3, 0.4) is 0 Å². The number of hydrogen-bond donors (Lipinski definition) is 2. The van der Waals surface area contributed by atoms with Gasteiger partial charge in [-0.1, -0.05) is 0 Å². The Bertz CT molecular complexity index is 738. The minimum absolute atomic E-state index is 0.0448. The van der Waals surface area contributed by atoms with Crippen LogP contribution in [0.15, 0.2) is 28.2 Å². The molecule has 2 N–H and O–H groups in total. The van der Waals surface area contributed by atoms with Crippen molar-refractivity contribution in [2.45, 2.75) is 27.7 Å². The van der Waals surface area contributed by atoms with E-state index in [2.05, 4.69) is 25.6 Å². The van der Waals surface area contributed by atoms with E-state index in [1.807, 2.05) is 0 Å². The van der Waals surface area contributed by atoms with Gasteiger partial charge >= 0.3 is 23.9 Å². The first kappa shape index (κ1) is 25.1. The molecule has 13 heteroatoms. The van der Waals surface area contributed by atoms with Gasteiger partial charge < -0.3 is 29.6 Å². The number of ether oxygens (including phenoxy) is 4. The lowest BCUT2D eigenvalue weighted by molar-refractivity contribution is -0.148. The van der Waals surface area contributed by atoms with Crippen LogP contribution in [0.5, 0.6) is 0 Å². The summed E-state index contributed by atoms with van der Waals surface area (Å²) in [6.07, 6.45) is 2.00. The lowest BCUT2D eigenvalue weighted by Gasteiger charge is -2.08. The van der Waals surface area contributed by atoms with Crippen molar-refractivity contribution in [2.24, 2.45) is 0 Å². The lowest BCUT2D eigenvalue weighted by atomic mass is 10.3. The zero-order chi connectivity index (χ0) is 23.2. The van der Waals surface area contributed by atoms with Gasteiger partial charge in [-0.3, -0.25) is 0 Å². The zero-order valence-corrected chi connectivity index (χ0v) is 17.6. The third-order valence-electron chi connectivity index (χ3n) is 3.18. The second kappa shape index (κ2) is 13.3. The quantitative estimate of drug-likeness (QED) is 0.155. The van der Waals surface area contributed by atoms with Crippen LogP contribution in [0.25, 0.3) is 0 Å². The summed E-state index contributed by atoms with van der Waals surface area (Å²) in [5.74, 6) is -3.79. The third kappa shape index (κ3) is 7.79. The molecule has 0 aliphatic rings. The molecule has 170 valence electrons. The van der Waals surface area contributed by atoms with Gasteiger partial charge in [-0.2, -0.15) is 0 Å². The number of carbonyl (C=O) groups is 4. The third-order valence-corrected chi connectivity index (χ3v) is 3.18. The van der Waals surface area contributed by atoms with E-state index in [1.165, 1.54) is 0 Å². The minimum Gasteiger partial charge on any atom is -0.462 e. The van der Waals surface area contributed by atoms with Crippen molar-refractivity contribution in [3.8, 4) is 0 Å². The molecule has 0 bridgehead atoms. The fourth-order valence-corrected chi connectivity index (χ4v) is 1.90. The number of nitrogens with zero attached hydrogens (tertiary/aromatic N) is 2. The predicted octanol–water partition coefficient (Wildman–Crippen LogP) is 0.914. The molecule has 0 spiro atoms. The summed E-state index contributed by atoms with van der Waals surface area (Å²) in [5, 5.41) is 12.2. The Balaban J connectivity index is 3.08. The van der Waals surface area contributed by atoms with Gasteiger partial charge in [-0.05, 0) is 38.0 Å². The van der Waals surface area contributed by atoms with Crippen molar-refractivity contribution >= 4 is 35.5 Å². The largest absolute Gasteiger partial charge is 0.462 e. The molecule has 0 saturated heterocycles. The fraction of sp³-hybridized carbons (Fsp3) is 0.444. The summed E-state index contributed by atoms with van der Waals surface area (Å²) in [5.41, 5.74) is -0.848. The molecular formula is C18H24N4O9. The number of esters is 4. The summed E-state index contributed by atoms with van der Waals surface area (Å²) < 4.78 is 23.8. The molecule has 0 aliphatic carbocycles. The first-order valence-corrected chi connectivity index (χ1v) is 9.33. The van der Waals surface area contributed by atoms with Gasteiger partial charge in [0.25, 0.3) is 0 Å². The van der Waals surface area contributed by atoms with Crippen LogP contribution in [0.2, 0.25) is 0 Å². The molecule has 31 heavy (non-hydrogen) atoms. The molecule has 1 aromatic rings. The summed E-state index contributed by atoms with van der Waals surface area (Å²) in [7, 11) is 0. The Labute approximate surface area is 177 Å². The van der Waals surface area contributed by atoms with Crippen LogP contribution >= 0.6 is 0 Å². The Morgan fingerprint density at radius 2 is 0.968 bits per heavy atom. The van der Waals surface area contributed by atoms with Crippen molar-refractivity contribution < 1.29 is 42.8 Å². The molecule has 13 nitrogen and oxygen atoms in total. The van der Waals surface area contributed by atoms with E-state index in [0.29, 0.717) is 0 Å². The van der Waals surface area contributed by atoms with Crippen LogP contribution in [0, 0.1) is 0 Å². The van der Waals surface area contributed by atoms with E-state index in [4.69, 9.17) is 18.9 Å². The summed E-state index contributed by atoms with van der Waals surface area (Å²) >= 11 is 0. The number of hydrogen-bond acceptors (Lipinski definition) is 13. The van der Waals surface area contributed by atoms with E-state index in [0.717, 1.165) is 12.4 Å². The molecular weight excluding hydrogens is 416 g/mol. The maximum atomic E-state index is 12.0. The molecule has 0 atom stereocenters. The maximum absolute atomic E-state index is 12.0. The van der Waals surface area contributed by atoms with Crippen LogP contribution < -0.4 is 10.6 Å². The van der Waals surface area contributed by atoms with Crippen LogP contribution in [0.1, 0.15) is 27.7 Å². The predicted molar refractivity (Wildman–Crippen MR) is 104 cm³/mol. The van der Waals surface area contributed by atoms with Gasteiger partial charge in [0.05, 0.1) is 26.4 Å². The molecule has 0 aromatic carbocycles. The van der Waals surface area contributed by atoms with E-state index < -0.39 is 35.0 Å². The highest BCUT2D eigenvalue weighted by Gasteiger charge is 2.23. The molecule has 0 amide bonds. The van der Waals surface area contributed by atoms with Crippen molar-refractivity contribution in [2.75, 3.05) is 37.1 Å². The number of aromatic nitrogens is 2. The van der Waals surface area contributed by atoms with Gasteiger partial charge in [0.2, 0.25) is 11.6 Å². The van der Waals surface area contributed by atoms with E-state index in [-0.39, 0.29) is 38.1 Å². The fourth-order valence-electron chi connectivity index (χ4n) is 1.90. The number of nitrogens with one attached hydrogen (secondary N) is 2. The lowest BCUT2D eigenvalue weighted by Crippen LogP contribution is -2.20. The second-order valence-electron chi connectivity index (χ2n) is 5.25. The molecule has 0 fully saturated rings. The van der Waals surface area contributed by atoms with E-state index in [9.17, 15) is 19.2 Å². The minimum atomic E-state index is -0.911. The Morgan fingerprint density at radius 3 is 1.23 bits per heavy atom. The first-order valence-electron chi connectivity index (χ1n) is 9.33. The number of anilines is 2. The Morgan fingerprint density at radius 1 is 0.677 bits per heavy atom. The monoisotopic (exact) mass is 440 g/mol. The topological polar surface area (TPSA) is 168 Å². The van der Waals surface area contributed by atoms with Gasteiger partial charge in [0.15, 0.2) is 11.1 Å². The summed E-state index contributed by atoms with van der Waals surface area (Å²) in [6, 6.07) is 0. The highest BCUT2D eigenvalue weighted by molar-refractivity contribution is 6.15. The number of carbonyl (C=O) groups excluding carboxylic acids is 4. The Kier molecular flexibility index (Phi) is 10.8. The average Bonchev–Trinajstić information content (AvgIpc) is 3.16. The van der Waals surface area contributed by atoms with Gasteiger partial charge in [0.1, 0.15) is 0 Å². The molecule has 0 saturated carbocycles. The van der Waals surface area contributed by atoms with Gasteiger partial charge in [-0.25, -0.2) is 23.8 Å². The van der Waals surface area contributed by atoms with E-state index in [1.54, 1.807) is 27.7 Å². The van der Waals surface area contributed by atoms with Crippen molar-refractivity contribution in [3.05, 3.63) is 23.5 Å². The molecule has 0 unspecified atom stereocenters. The van der Waals surface area contributed by atoms with Crippen molar-refractivity contribution in [3.63, 3.8) is 0 Å². The molecule has 0 radical (unpaired) electrons. The summed E-state index contributed by atoms with van der Waals surface area (Å²) in [6.45, 7) is 6.49. The second-order valence-corrected chi connectivity index (χ2v) is 5.25. The Hall–Kier alpha value is -3.90. The number of rotatable bonds is 12. The maximum Gasteiger partial charge on any atom is 0.347 e. The molecule has 1 aromatic heterocycles. The highest BCUT2D eigenvalue weighted by atomic mass is 16.6. The highest BCUT2D eigenvalue weighted by Crippen LogP contribution is 2.17. The average molecular weight is 440 g/mol. The first-order chi connectivity index (χ1) is 14.9. The molecule has 1 rings (SSSR count). The zero-order valence-electron chi connectivity index (χ0n) is 17.6. The van der Waals surface area contributed by atoms with E-state index >= 15 is 0 Å². The van der Waals surface area contributed by atoms with Crippen LogP contribution in [0.4, 0.5) is 11.6 Å². The SMILES string of the molecule is CCOC(=O)C(=CNc1nonc1NC=C(C(=O)OCC)C(=O)OCC)C(=O)OCC.